The molecule has 2 N–H and O–H groups in total. The van der Waals surface area contributed by atoms with Crippen molar-refractivity contribution in [2.75, 3.05) is 13.1 Å². The molecule has 0 radical (unpaired) electrons. The van der Waals surface area contributed by atoms with Gasteiger partial charge >= 0.3 is 6.09 Å². The van der Waals surface area contributed by atoms with Crippen LogP contribution in [0.3, 0.4) is 0 Å². The summed E-state index contributed by atoms with van der Waals surface area (Å²) in [6, 6.07) is 12.4. The normalized spacial score (nSPS) is 17.7. The second-order valence-corrected chi connectivity index (χ2v) is 11.2. The lowest BCUT2D eigenvalue weighted by molar-refractivity contribution is -0.135. The van der Waals surface area contributed by atoms with Crippen molar-refractivity contribution in [1.82, 2.24) is 15.2 Å². The van der Waals surface area contributed by atoms with Crippen LogP contribution in [-0.4, -0.2) is 46.6 Å². The van der Waals surface area contributed by atoms with Gasteiger partial charge in [-0.15, -0.1) is 0 Å². The number of aryl methyl sites for hydroxylation is 1. The fraction of sp³-hybridized carbons (Fsp3) is 0.448. The molecule has 3 aromatic rings. The van der Waals surface area contributed by atoms with E-state index in [0.717, 1.165) is 36.8 Å². The SMILES string of the molecule is CC(C)(C)OC(=O)N[C@H](Cc1c[nH]c2ccc(F)cc12)C(=O)N1CCC2(CCc3ccccc32)CC1. The lowest BCUT2D eigenvalue weighted by Crippen LogP contribution is -2.54. The summed E-state index contributed by atoms with van der Waals surface area (Å²) in [6.45, 7) is 6.64. The predicted molar refractivity (Wildman–Crippen MR) is 137 cm³/mol. The predicted octanol–water partition coefficient (Wildman–Crippen LogP) is 5.25. The van der Waals surface area contributed by atoms with E-state index in [1.165, 1.54) is 23.3 Å². The standard InChI is InChI=1S/C29H34FN3O3/c1-28(2,3)36-27(35)32-25(16-20-18-31-24-9-8-21(30)17-22(20)24)26(34)33-14-12-29(13-15-33)11-10-19-6-4-5-7-23(19)29/h4-9,17-18,25,31H,10-16H2,1-3H3,(H,32,35)/t25-/m1/s1. The zero-order chi connectivity index (χ0) is 25.5. The van der Waals surface area contributed by atoms with Gasteiger partial charge in [-0.2, -0.15) is 0 Å². The summed E-state index contributed by atoms with van der Waals surface area (Å²) < 4.78 is 19.4. The van der Waals surface area contributed by atoms with Crippen molar-refractivity contribution in [2.24, 2.45) is 0 Å². The van der Waals surface area contributed by atoms with Crippen molar-refractivity contribution in [2.45, 2.75) is 69.9 Å². The summed E-state index contributed by atoms with van der Waals surface area (Å²) in [7, 11) is 0. The number of halogens is 1. The molecule has 1 atom stereocenters. The number of amides is 2. The number of benzene rings is 2. The van der Waals surface area contributed by atoms with E-state index in [4.69, 9.17) is 4.74 Å². The highest BCUT2D eigenvalue weighted by Crippen LogP contribution is 2.46. The number of aromatic nitrogens is 1. The highest BCUT2D eigenvalue weighted by molar-refractivity contribution is 5.88. The van der Waals surface area contributed by atoms with Gasteiger partial charge in [-0.3, -0.25) is 4.79 Å². The van der Waals surface area contributed by atoms with Crippen molar-refractivity contribution in [3.63, 3.8) is 0 Å². The molecule has 1 fully saturated rings. The lowest BCUT2D eigenvalue weighted by atomic mass is 9.74. The Bertz CT molecular complexity index is 1280. The largest absolute Gasteiger partial charge is 0.444 e. The molecule has 7 heteroatoms. The third kappa shape index (κ3) is 4.84. The Morgan fingerprint density at radius 1 is 1.14 bits per heavy atom. The highest BCUT2D eigenvalue weighted by Gasteiger charge is 2.42. The minimum atomic E-state index is -0.813. The molecule has 0 unspecified atom stereocenters. The molecule has 2 aromatic carbocycles. The van der Waals surface area contributed by atoms with Gasteiger partial charge in [-0.05, 0) is 86.8 Å². The quantitative estimate of drug-likeness (QED) is 0.524. The number of likely N-dealkylation sites (tertiary alicyclic amines) is 1. The molecule has 1 aliphatic heterocycles. The average molecular weight is 492 g/mol. The fourth-order valence-electron chi connectivity index (χ4n) is 5.85. The summed E-state index contributed by atoms with van der Waals surface area (Å²) in [5.41, 5.74) is 3.87. The van der Waals surface area contributed by atoms with E-state index < -0.39 is 17.7 Å². The second-order valence-electron chi connectivity index (χ2n) is 11.2. The van der Waals surface area contributed by atoms with Crippen molar-refractivity contribution in [3.05, 3.63) is 71.2 Å². The van der Waals surface area contributed by atoms with Crippen LogP contribution < -0.4 is 5.32 Å². The van der Waals surface area contributed by atoms with E-state index in [1.54, 1.807) is 33.0 Å². The molecule has 1 aliphatic carbocycles. The molecule has 1 saturated heterocycles. The van der Waals surface area contributed by atoms with E-state index in [0.29, 0.717) is 18.5 Å². The van der Waals surface area contributed by atoms with Crippen molar-refractivity contribution in [3.8, 4) is 0 Å². The Labute approximate surface area is 211 Å². The van der Waals surface area contributed by atoms with Crippen LogP contribution in [0.15, 0.2) is 48.7 Å². The lowest BCUT2D eigenvalue weighted by Gasteiger charge is -2.41. The first kappa shape index (κ1) is 24.3. The minimum Gasteiger partial charge on any atom is -0.444 e. The van der Waals surface area contributed by atoms with Gasteiger partial charge < -0.3 is 19.9 Å². The highest BCUT2D eigenvalue weighted by atomic mass is 19.1. The minimum absolute atomic E-state index is 0.132. The first-order chi connectivity index (χ1) is 17.1. The van der Waals surface area contributed by atoms with E-state index in [9.17, 15) is 14.0 Å². The topological polar surface area (TPSA) is 74.4 Å². The molecule has 190 valence electrons. The monoisotopic (exact) mass is 491 g/mol. The van der Waals surface area contributed by atoms with Gasteiger partial charge in [0.05, 0.1) is 0 Å². The summed E-state index contributed by atoms with van der Waals surface area (Å²) >= 11 is 0. The Morgan fingerprint density at radius 2 is 1.89 bits per heavy atom. The summed E-state index contributed by atoms with van der Waals surface area (Å²) in [5, 5.41) is 3.51. The van der Waals surface area contributed by atoms with Crippen LogP contribution in [0, 0.1) is 5.82 Å². The molecule has 0 saturated carbocycles. The Balaban J connectivity index is 1.35. The molecule has 5 rings (SSSR count). The number of hydrogen-bond acceptors (Lipinski definition) is 3. The molecule has 2 heterocycles. The van der Waals surface area contributed by atoms with Gasteiger partial charge in [-0.25, -0.2) is 9.18 Å². The molecule has 6 nitrogen and oxygen atoms in total. The van der Waals surface area contributed by atoms with Crippen LogP contribution in [0.2, 0.25) is 0 Å². The van der Waals surface area contributed by atoms with Crippen LogP contribution in [0.4, 0.5) is 9.18 Å². The van der Waals surface area contributed by atoms with Gasteiger partial charge in [0.15, 0.2) is 0 Å². The molecule has 2 amide bonds. The van der Waals surface area contributed by atoms with Crippen LogP contribution in [0.1, 0.15) is 56.7 Å². The number of nitrogens with one attached hydrogen (secondary N) is 2. The van der Waals surface area contributed by atoms with Crippen LogP contribution in [-0.2, 0) is 27.8 Å². The third-order valence-electron chi connectivity index (χ3n) is 7.64. The van der Waals surface area contributed by atoms with Crippen LogP contribution in [0.5, 0.6) is 0 Å². The Hall–Kier alpha value is -3.35. The number of rotatable bonds is 4. The van der Waals surface area contributed by atoms with E-state index >= 15 is 0 Å². The maximum atomic E-state index is 13.9. The van der Waals surface area contributed by atoms with Crippen molar-refractivity contribution < 1.29 is 18.7 Å². The number of H-pyrrole nitrogens is 1. The van der Waals surface area contributed by atoms with E-state index in [-0.39, 0.29) is 23.6 Å². The number of carbonyl (C=O) groups excluding carboxylic acids is 2. The summed E-state index contributed by atoms with van der Waals surface area (Å²) in [5.74, 6) is -0.475. The molecule has 2 aliphatic rings. The van der Waals surface area contributed by atoms with E-state index in [1.807, 2.05) is 4.90 Å². The third-order valence-corrected chi connectivity index (χ3v) is 7.64. The Morgan fingerprint density at radius 3 is 2.64 bits per heavy atom. The van der Waals surface area contributed by atoms with Gasteiger partial charge in [0, 0.05) is 36.6 Å². The van der Waals surface area contributed by atoms with E-state index in [2.05, 4.69) is 34.6 Å². The first-order valence-electron chi connectivity index (χ1n) is 12.8. The number of fused-ring (bicyclic) bond motifs is 3. The molecular weight excluding hydrogens is 457 g/mol. The summed E-state index contributed by atoms with van der Waals surface area (Å²) in [4.78, 5) is 31.4. The number of piperidine rings is 1. The Kier molecular flexibility index (Phi) is 6.27. The molecular formula is C29H34FN3O3. The number of aromatic amines is 1. The number of alkyl carbamates (subject to hydrolysis) is 1. The average Bonchev–Trinajstić information content (AvgIpc) is 3.39. The van der Waals surface area contributed by atoms with Gasteiger partial charge in [0.2, 0.25) is 5.91 Å². The summed E-state index contributed by atoms with van der Waals surface area (Å²) in [6.07, 6.45) is 5.41. The molecule has 1 aromatic heterocycles. The number of hydrogen-bond donors (Lipinski definition) is 2. The fourth-order valence-corrected chi connectivity index (χ4v) is 5.85. The van der Waals surface area contributed by atoms with Crippen molar-refractivity contribution in [1.29, 1.82) is 0 Å². The van der Waals surface area contributed by atoms with Gasteiger partial charge in [0.1, 0.15) is 17.5 Å². The zero-order valence-corrected chi connectivity index (χ0v) is 21.2. The molecule has 1 spiro atoms. The van der Waals surface area contributed by atoms with Crippen LogP contribution >= 0.6 is 0 Å². The van der Waals surface area contributed by atoms with Crippen LogP contribution in [0.25, 0.3) is 10.9 Å². The van der Waals surface area contributed by atoms with Crippen molar-refractivity contribution >= 4 is 22.9 Å². The maximum absolute atomic E-state index is 13.9. The zero-order valence-electron chi connectivity index (χ0n) is 21.2. The second kappa shape index (κ2) is 9.26. The number of carbonyl (C=O) groups is 2. The molecule has 0 bridgehead atoms. The molecule has 36 heavy (non-hydrogen) atoms. The van der Waals surface area contributed by atoms with Gasteiger partial charge in [0.25, 0.3) is 0 Å². The number of nitrogens with zero attached hydrogens (tertiary/aromatic N) is 1. The smallest absolute Gasteiger partial charge is 0.408 e. The maximum Gasteiger partial charge on any atom is 0.408 e. The first-order valence-corrected chi connectivity index (χ1v) is 12.8. The van der Waals surface area contributed by atoms with Gasteiger partial charge in [-0.1, -0.05) is 24.3 Å². The number of ether oxygens (including phenoxy) is 1.